The van der Waals surface area contributed by atoms with Crippen molar-refractivity contribution in [3.8, 4) is 0 Å². The maximum absolute atomic E-state index is 3.28. The molecule has 11 heavy (non-hydrogen) atoms. The fourth-order valence-corrected chi connectivity index (χ4v) is 1.47. The molecule has 0 amide bonds. The van der Waals surface area contributed by atoms with Crippen LogP contribution in [-0.4, -0.2) is 6.54 Å². The largest absolute Gasteiger partial charge is 0.308 e. The molecule has 1 radical (unpaired) electrons. The van der Waals surface area contributed by atoms with E-state index in [1.807, 2.05) is 0 Å². The Labute approximate surface area is 67.4 Å². The van der Waals surface area contributed by atoms with E-state index in [0.717, 1.165) is 6.54 Å². The second-order valence-electron chi connectivity index (χ2n) is 2.90. The van der Waals surface area contributed by atoms with Crippen molar-refractivity contribution in [2.24, 2.45) is 0 Å². The number of hydrogen-bond donors (Lipinski definition) is 1. The normalized spacial score (nSPS) is 17.1. The monoisotopic (exact) mass is 146 g/mol. The highest BCUT2D eigenvalue weighted by atomic mass is 14.8. The van der Waals surface area contributed by atoms with Gasteiger partial charge in [-0.3, -0.25) is 0 Å². The van der Waals surface area contributed by atoms with Gasteiger partial charge in [0, 0.05) is 0 Å². The van der Waals surface area contributed by atoms with Gasteiger partial charge in [0.1, 0.15) is 0 Å². The molecule has 1 aliphatic heterocycles. The Kier molecular flexibility index (Phi) is 1.91. The van der Waals surface area contributed by atoms with Crippen LogP contribution in [-0.2, 0) is 6.42 Å². The van der Waals surface area contributed by atoms with Crippen LogP contribution in [0.5, 0.6) is 0 Å². The van der Waals surface area contributed by atoms with Crippen molar-refractivity contribution < 1.29 is 0 Å². The van der Waals surface area contributed by atoms with Gasteiger partial charge in [-0.15, -0.1) is 0 Å². The average Bonchev–Trinajstić information content (AvgIpc) is 2.28. The van der Waals surface area contributed by atoms with Crippen LogP contribution in [0.2, 0.25) is 0 Å². The van der Waals surface area contributed by atoms with Crippen LogP contribution < -0.4 is 5.32 Å². The van der Waals surface area contributed by atoms with Crippen LogP contribution in [0.4, 0.5) is 0 Å². The zero-order chi connectivity index (χ0) is 7.52. The van der Waals surface area contributed by atoms with Crippen LogP contribution in [0.3, 0.4) is 0 Å². The van der Waals surface area contributed by atoms with Crippen molar-refractivity contribution in [2.75, 3.05) is 6.54 Å². The second kappa shape index (κ2) is 3.05. The molecule has 1 nitrogen and oxygen atoms in total. The minimum atomic E-state index is 1.11. The topological polar surface area (TPSA) is 12.0 Å². The molecule has 0 fully saturated rings. The average molecular weight is 146 g/mol. The molecule has 0 atom stereocenters. The lowest BCUT2D eigenvalue weighted by atomic mass is 10.0. The highest BCUT2D eigenvalue weighted by Gasteiger charge is 2.04. The Morgan fingerprint density at radius 1 is 1.18 bits per heavy atom. The Morgan fingerprint density at radius 3 is 3.09 bits per heavy atom. The molecule has 1 aliphatic rings. The SMILES string of the molecule is [CH]1NCCCc2ccccc21. The van der Waals surface area contributed by atoms with Crippen LogP contribution >= 0.6 is 0 Å². The molecule has 57 valence electrons. The summed E-state index contributed by atoms with van der Waals surface area (Å²) in [4.78, 5) is 0. The van der Waals surface area contributed by atoms with Crippen LogP contribution in [0.15, 0.2) is 24.3 Å². The summed E-state index contributed by atoms with van der Waals surface area (Å²) in [5.74, 6) is 0. The lowest BCUT2D eigenvalue weighted by Gasteiger charge is -2.01. The van der Waals surface area contributed by atoms with Gasteiger partial charge < -0.3 is 5.32 Å². The number of benzene rings is 1. The minimum Gasteiger partial charge on any atom is -0.308 e. The highest BCUT2D eigenvalue weighted by molar-refractivity contribution is 5.33. The van der Waals surface area contributed by atoms with Crippen molar-refractivity contribution in [1.29, 1.82) is 0 Å². The van der Waals surface area contributed by atoms with Gasteiger partial charge in [-0.1, -0.05) is 24.3 Å². The molecule has 2 rings (SSSR count). The summed E-state index contributed by atoms with van der Waals surface area (Å²) in [6.45, 7) is 3.22. The van der Waals surface area contributed by atoms with Crippen molar-refractivity contribution in [3.63, 3.8) is 0 Å². The summed E-state index contributed by atoms with van der Waals surface area (Å²) in [7, 11) is 0. The maximum atomic E-state index is 3.28. The first-order valence-corrected chi connectivity index (χ1v) is 4.11. The molecule has 0 spiro atoms. The van der Waals surface area contributed by atoms with E-state index in [1.54, 1.807) is 0 Å². The fourth-order valence-electron chi connectivity index (χ4n) is 1.47. The van der Waals surface area contributed by atoms with E-state index in [1.165, 1.54) is 24.0 Å². The van der Waals surface area contributed by atoms with E-state index < -0.39 is 0 Å². The van der Waals surface area contributed by atoms with Gasteiger partial charge >= 0.3 is 0 Å². The zero-order valence-corrected chi connectivity index (χ0v) is 6.51. The summed E-state index contributed by atoms with van der Waals surface area (Å²) >= 11 is 0. The van der Waals surface area contributed by atoms with Gasteiger partial charge in [0.25, 0.3) is 0 Å². The van der Waals surface area contributed by atoms with Crippen molar-refractivity contribution in [1.82, 2.24) is 5.32 Å². The van der Waals surface area contributed by atoms with Crippen LogP contribution in [0.1, 0.15) is 17.5 Å². The Morgan fingerprint density at radius 2 is 2.09 bits per heavy atom. The standard InChI is InChI=1S/C10H12N/c1-2-5-10-8-11-7-3-6-9(10)4-1/h1-2,4-5,8,11H,3,6-7H2. The second-order valence-corrected chi connectivity index (χ2v) is 2.90. The van der Waals surface area contributed by atoms with Crippen LogP contribution in [0.25, 0.3) is 0 Å². The summed E-state index contributed by atoms with van der Waals surface area (Å²) < 4.78 is 0. The molecule has 1 aromatic carbocycles. The predicted octanol–water partition coefficient (Wildman–Crippen LogP) is 1.73. The third-order valence-electron chi connectivity index (χ3n) is 2.08. The molecule has 0 saturated carbocycles. The molecule has 0 aromatic heterocycles. The number of aryl methyl sites for hydroxylation is 1. The predicted molar refractivity (Wildman–Crippen MR) is 46.2 cm³/mol. The van der Waals surface area contributed by atoms with E-state index in [4.69, 9.17) is 0 Å². The molecular formula is C10H12N. The van der Waals surface area contributed by atoms with E-state index in [0.29, 0.717) is 0 Å². The molecule has 0 aliphatic carbocycles. The maximum Gasteiger partial charge on any atom is 0.0521 e. The zero-order valence-electron chi connectivity index (χ0n) is 6.51. The fraction of sp³-hybridized carbons (Fsp3) is 0.300. The number of hydrogen-bond acceptors (Lipinski definition) is 1. The highest BCUT2D eigenvalue weighted by Crippen LogP contribution is 2.13. The minimum absolute atomic E-state index is 1.11. The third kappa shape index (κ3) is 1.43. The quantitative estimate of drug-likeness (QED) is 0.587. The molecule has 1 heteroatoms. The Hall–Kier alpha value is -0.820. The Balaban J connectivity index is 2.33. The van der Waals surface area contributed by atoms with Gasteiger partial charge in [0.15, 0.2) is 0 Å². The van der Waals surface area contributed by atoms with E-state index in [9.17, 15) is 0 Å². The summed E-state index contributed by atoms with van der Waals surface area (Å²) in [6, 6.07) is 8.56. The summed E-state index contributed by atoms with van der Waals surface area (Å²) in [6.07, 6.45) is 2.45. The van der Waals surface area contributed by atoms with Crippen LogP contribution in [0, 0.1) is 6.54 Å². The van der Waals surface area contributed by atoms with Crippen molar-refractivity contribution in [3.05, 3.63) is 41.9 Å². The van der Waals surface area contributed by atoms with E-state index in [2.05, 4.69) is 36.1 Å². The van der Waals surface area contributed by atoms with Gasteiger partial charge in [0.05, 0.1) is 6.54 Å². The number of rotatable bonds is 0. The summed E-state index contributed by atoms with van der Waals surface area (Å²) in [5, 5.41) is 3.28. The molecular weight excluding hydrogens is 134 g/mol. The van der Waals surface area contributed by atoms with Gasteiger partial charge in [-0.25, -0.2) is 0 Å². The van der Waals surface area contributed by atoms with E-state index in [-0.39, 0.29) is 0 Å². The molecule has 1 aromatic rings. The molecule has 1 N–H and O–H groups in total. The van der Waals surface area contributed by atoms with Gasteiger partial charge in [0.2, 0.25) is 0 Å². The lowest BCUT2D eigenvalue weighted by Crippen LogP contribution is -2.09. The molecule has 0 bridgehead atoms. The molecule has 0 saturated heterocycles. The molecule has 0 unspecified atom stereocenters. The molecule has 1 heterocycles. The van der Waals surface area contributed by atoms with Crippen molar-refractivity contribution in [2.45, 2.75) is 12.8 Å². The third-order valence-corrected chi connectivity index (χ3v) is 2.08. The lowest BCUT2D eigenvalue weighted by molar-refractivity contribution is 0.754. The van der Waals surface area contributed by atoms with E-state index >= 15 is 0 Å². The number of fused-ring (bicyclic) bond motifs is 1. The number of nitrogens with one attached hydrogen (secondary N) is 1. The van der Waals surface area contributed by atoms with Gasteiger partial charge in [-0.05, 0) is 30.5 Å². The first kappa shape index (κ1) is 6.86. The Bertz CT molecular complexity index is 217. The first-order valence-electron chi connectivity index (χ1n) is 4.11. The first-order chi connectivity index (χ1) is 5.47. The van der Waals surface area contributed by atoms with Gasteiger partial charge in [-0.2, -0.15) is 0 Å². The smallest absolute Gasteiger partial charge is 0.0521 e. The summed E-state index contributed by atoms with van der Waals surface area (Å²) in [5.41, 5.74) is 2.82. The van der Waals surface area contributed by atoms with Crippen molar-refractivity contribution >= 4 is 0 Å².